The van der Waals surface area contributed by atoms with Gasteiger partial charge < -0.3 is 19.3 Å². The number of hydrogen-bond donors (Lipinski definition) is 0. The van der Waals surface area contributed by atoms with Gasteiger partial charge in [-0.25, -0.2) is 0 Å². The summed E-state index contributed by atoms with van der Waals surface area (Å²) in [5.74, 6) is 2.06. The molecule has 0 bridgehead atoms. The van der Waals surface area contributed by atoms with Crippen molar-refractivity contribution in [1.29, 1.82) is 0 Å². The number of carbonyl (C=O) groups excluding carboxylic acids is 1. The molecule has 2 aromatic rings. The molecule has 2 aliphatic rings. The number of hydrogen-bond acceptors (Lipinski definition) is 6. The van der Waals surface area contributed by atoms with Gasteiger partial charge in [-0.1, -0.05) is 12.1 Å². The Bertz CT molecular complexity index is 900. The van der Waals surface area contributed by atoms with E-state index >= 15 is 0 Å². The Hall–Kier alpha value is -2.54. The number of rotatable bonds is 5. The molecule has 2 aromatic carbocycles. The Balaban J connectivity index is 0.00000225. The molecule has 0 aromatic heterocycles. The third-order valence-corrected chi connectivity index (χ3v) is 5.00. The summed E-state index contributed by atoms with van der Waals surface area (Å²) in [6.07, 6.45) is 2.17. The minimum Gasteiger partial charge on any atom is -0.493 e. The quantitative estimate of drug-likeness (QED) is 0.652. The molecule has 6 nitrogen and oxygen atoms in total. The largest absolute Gasteiger partial charge is 0.493 e. The fourth-order valence-corrected chi connectivity index (χ4v) is 3.63. The molecule has 148 valence electrons. The maximum atomic E-state index is 13.0. The molecule has 0 fully saturated rings. The highest BCUT2D eigenvalue weighted by Crippen LogP contribution is 2.38. The Morgan fingerprint density at radius 2 is 1.79 bits per heavy atom. The van der Waals surface area contributed by atoms with E-state index in [1.165, 1.54) is 0 Å². The number of benzene rings is 2. The molecule has 0 N–H and O–H groups in total. The summed E-state index contributed by atoms with van der Waals surface area (Å²) in [5.41, 5.74) is 2.75. The Labute approximate surface area is 175 Å². The van der Waals surface area contributed by atoms with Crippen molar-refractivity contribution in [3.8, 4) is 11.5 Å². The van der Waals surface area contributed by atoms with E-state index in [9.17, 15) is 4.79 Å². The third kappa shape index (κ3) is 3.58. The number of ketones is 1. The van der Waals surface area contributed by atoms with E-state index in [0.29, 0.717) is 17.1 Å². The van der Waals surface area contributed by atoms with Gasteiger partial charge in [0.25, 0.3) is 0 Å². The summed E-state index contributed by atoms with van der Waals surface area (Å²) in [6, 6.07) is 13.4. The van der Waals surface area contributed by atoms with Crippen molar-refractivity contribution in [3.63, 3.8) is 0 Å². The molecule has 0 atom stereocenters. The Morgan fingerprint density at radius 3 is 2.54 bits per heavy atom. The van der Waals surface area contributed by atoms with Crippen LogP contribution in [0, 0.1) is 0 Å². The molecule has 28 heavy (non-hydrogen) atoms. The molecule has 7 heteroatoms. The van der Waals surface area contributed by atoms with Crippen molar-refractivity contribution in [1.82, 2.24) is 0 Å². The first-order valence-electron chi connectivity index (χ1n) is 9.16. The van der Waals surface area contributed by atoms with Gasteiger partial charge in [0, 0.05) is 18.7 Å². The molecule has 4 rings (SSSR count). The first kappa shape index (κ1) is 20.2. The van der Waals surface area contributed by atoms with Crippen molar-refractivity contribution in [2.45, 2.75) is 12.8 Å². The standard InChI is InChI=1S/C21H23N3O3.BrH/c1-26-19-10-9-15(13-20(19)27-2)18(25)14-24-17-8-4-3-7-16(17)23-12-6-5-11-22-21(23)24;/h3-4,7-10,13H,5-6,11-12,14H2,1-2H3;1H. The van der Waals surface area contributed by atoms with Gasteiger partial charge >= 0.3 is 0 Å². The van der Waals surface area contributed by atoms with E-state index in [0.717, 1.165) is 43.3 Å². The predicted molar refractivity (Wildman–Crippen MR) is 117 cm³/mol. The van der Waals surface area contributed by atoms with Crippen LogP contribution in [0.1, 0.15) is 23.2 Å². The highest BCUT2D eigenvalue weighted by atomic mass is 79.9. The zero-order valence-electron chi connectivity index (χ0n) is 16.1. The van der Waals surface area contributed by atoms with Gasteiger partial charge in [-0.2, -0.15) is 0 Å². The summed E-state index contributed by atoms with van der Waals surface area (Å²) in [6.45, 7) is 1.96. The van der Waals surface area contributed by atoms with Gasteiger partial charge in [0.2, 0.25) is 5.96 Å². The lowest BCUT2D eigenvalue weighted by Gasteiger charge is -2.22. The van der Waals surface area contributed by atoms with Gasteiger partial charge in [-0.3, -0.25) is 9.79 Å². The second-order valence-corrected chi connectivity index (χ2v) is 6.61. The first-order valence-corrected chi connectivity index (χ1v) is 9.16. The van der Waals surface area contributed by atoms with Gasteiger partial charge in [-0.15, -0.1) is 17.0 Å². The van der Waals surface area contributed by atoms with Crippen LogP contribution < -0.4 is 19.3 Å². The van der Waals surface area contributed by atoms with E-state index < -0.39 is 0 Å². The maximum absolute atomic E-state index is 13.0. The first-order chi connectivity index (χ1) is 13.2. The second kappa shape index (κ2) is 8.65. The van der Waals surface area contributed by atoms with Crippen LogP contribution in [-0.4, -0.2) is 45.6 Å². The van der Waals surface area contributed by atoms with E-state index in [2.05, 4.69) is 11.0 Å². The Morgan fingerprint density at radius 1 is 1.04 bits per heavy atom. The van der Waals surface area contributed by atoms with E-state index in [4.69, 9.17) is 14.5 Å². The number of methoxy groups -OCH3 is 2. The third-order valence-electron chi connectivity index (χ3n) is 5.00. The molecule has 0 aliphatic carbocycles. The number of guanidine groups is 1. The molecular formula is C21H24BrN3O3. The predicted octanol–water partition coefficient (Wildman–Crippen LogP) is 3.94. The van der Waals surface area contributed by atoms with Crippen LogP contribution in [0.25, 0.3) is 0 Å². The van der Waals surface area contributed by atoms with Gasteiger partial charge in [0.05, 0.1) is 32.1 Å². The van der Waals surface area contributed by atoms with Crippen LogP contribution in [0.4, 0.5) is 11.4 Å². The van der Waals surface area contributed by atoms with Crippen molar-refractivity contribution in [2.24, 2.45) is 4.99 Å². The number of fused-ring (bicyclic) bond motifs is 3. The smallest absolute Gasteiger partial charge is 0.206 e. The molecule has 0 saturated carbocycles. The normalized spacial score (nSPS) is 15.0. The lowest BCUT2D eigenvalue weighted by Crippen LogP contribution is -2.41. The number of nitrogens with zero attached hydrogens (tertiary/aromatic N) is 3. The fraction of sp³-hybridized carbons (Fsp3) is 0.333. The van der Waals surface area contributed by atoms with Crippen molar-refractivity contribution in [3.05, 3.63) is 48.0 Å². The number of ether oxygens (including phenoxy) is 2. The van der Waals surface area contributed by atoms with E-state index in [1.54, 1.807) is 32.4 Å². The van der Waals surface area contributed by atoms with Crippen LogP contribution in [0.15, 0.2) is 47.5 Å². The topological polar surface area (TPSA) is 54.4 Å². The van der Waals surface area contributed by atoms with Crippen LogP contribution in [0.5, 0.6) is 11.5 Å². The highest BCUT2D eigenvalue weighted by molar-refractivity contribution is 8.93. The Kier molecular flexibility index (Phi) is 6.24. The van der Waals surface area contributed by atoms with Crippen LogP contribution in [0.3, 0.4) is 0 Å². The monoisotopic (exact) mass is 445 g/mol. The van der Waals surface area contributed by atoms with E-state index in [-0.39, 0.29) is 29.3 Å². The summed E-state index contributed by atoms with van der Waals surface area (Å²) >= 11 is 0. The number of carbonyl (C=O) groups is 1. The van der Waals surface area contributed by atoms with Crippen LogP contribution in [0.2, 0.25) is 0 Å². The molecule has 0 radical (unpaired) electrons. The lowest BCUT2D eigenvalue weighted by molar-refractivity contribution is 0.100. The van der Waals surface area contributed by atoms with Crippen molar-refractivity contribution < 1.29 is 14.3 Å². The average Bonchev–Trinajstić information content (AvgIpc) is 2.86. The zero-order valence-corrected chi connectivity index (χ0v) is 17.8. The van der Waals surface area contributed by atoms with Gasteiger partial charge in [0.1, 0.15) is 0 Å². The SMILES string of the molecule is Br.COc1ccc(C(=O)CN2C3=NCCCCN3c3ccccc32)cc1OC. The molecule has 0 amide bonds. The molecule has 0 spiro atoms. The second-order valence-electron chi connectivity index (χ2n) is 6.61. The average molecular weight is 446 g/mol. The molecular weight excluding hydrogens is 422 g/mol. The minimum absolute atomic E-state index is 0. The summed E-state index contributed by atoms with van der Waals surface area (Å²) in [7, 11) is 3.15. The van der Waals surface area contributed by atoms with Crippen molar-refractivity contribution >= 4 is 40.1 Å². The van der Waals surface area contributed by atoms with Crippen LogP contribution in [-0.2, 0) is 0 Å². The number of halogens is 1. The maximum Gasteiger partial charge on any atom is 0.206 e. The molecule has 0 unspecified atom stereocenters. The lowest BCUT2D eigenvalue weighted by atomic mass is 10.1. The minimum atomic E-state index is 0. The van der Waals surface area contributed by atoms with Gasteiger partial charge in [0.15, 0.2) is 17.3 Å². The summed E-state index contributed by atoms with van der Waals surface area (Å²) < 4.78 is 10.6. The van der Waals surface area contributed by atoms with Crippen molar-refractivity contribution in [2.75, 3.05) is 43.7 Å². The number of anilines is 2. The highest BCUT2D eigenvalue weighted by Gasteiger charge is 2.34. The number of aliphatic imine (C=N–C) groups is 1. The molecule has 2 heterocycles. The number of Topliss-reactive ketones (excluding diaryl/α,β-unsaturated/α-hetero) is 1. The summed E-state index contributed by atoms with van der Waals surface area (Å²) in [5, 5.41) is 0. The summed E-state index contributed by atoms with van der Waals surface area (Å²) in [4.78, 5) is 22.0. The fourth-order valence-electron chi connectivity index (χ4n) is 3.63. The van der Waals surface area contributed by atoms with Crippen LogP contribution >= 0.6 is 17.0 Å². The number of para-hydroxylation sites is 2. The zero-order chi connectivity index (χ0) is 18.8. The molecule has 0 saturated heterocycles. The molecule has 2 aliphatic heterocycles. The van der Waals surface area contributed by atoms with Gasteiger partial charge in [-0.05, 0) is 43.2 Å². The van der Waals surface area contributed by atoms with E-state index in [1.807, 2.05) is 23.1 Å².